The molecule has 74 valence electrons. The number of halogens is 1. The molecule has 3 nitrogen and oxygen atoms in total. The quantitative estimate of drug-likeness (QED) is 0.714. The average molecular weight is 203 g/mol. The Morgan fingerprint density at radius 1 is 1.69 bits per heavy atom. The standard InChI is InChI=1S/C9H15ClN2O/c1-7(10)6-12-9(13)5-8-3-2-4-11-8/h8,11H,1-6H2,(H,12,13). The van der Waals surface area contributed by atoms with Crippen molar-refractivity contribution in [3.63, 3.8) is 0 Å². The SMILES string of the molecule is C=C(Cl)CNC(=O)CC1CCCN1. The molecule has 0 spiro atoms. The van der Waals surface area contributed by atoms with E-state index >= 15 is 0 Å². The van der Waals surface area contributed by atoms with Crippen molar-refractivity contribution in [2.45, 2.75) is 25.3 Å². The van der Waals surface area contributed by atoms with E-state index in [0.717, 1.165) is 13.0 Å². The zero-order valence-corrected chi connectivity index (χ0v) is 8.36. The van der Waals surface area contributed by atoms with Crippen molar-refractivity contribution in [3.8, 4) is 0 Å². The second-order valence-corrected chi connectivity index (χ2v) is 3.83. The number of hydrogen-bond donors (Lipinski definition) is 2. The van der Waals surface area contributed by atoms with Gasteiger partial charge in [-0.05, 0) is 19.4 Å². The van der Waals surface area contributed by atoms with Crippen LogP contribution in [0.2, 0.25) is 0 Å². The Morgan fingerprint density at radius 3 is 3.00 bits per heavy atom. The first kappa shape index (κ1) is 10.5. The van der Waals surface area contributed by atoms with Crippen LogP contribution in [0.5, 0.6) is 0 Å². The molecule has 2 N–H and O–H groups in total. The molecule has 0 aromatic carbocycles. The van der Waals surface area contributed by atoms with Crippen molar-refractivity contribution in [1.82, 2.24) is 10.6 Å². The number of carbonyl (C=O) groups excluding carboxylic acids is 1. The van der Waals surface area contributed by atoms with Crippen molar-refractivity contribution in [2.24, 2.45) is 0 Å². The number of rotatable bonds is 4. The third kappa shape index (κ3) is 4.29. The first-order valence-electron chi connectivity index (χ1n) is 4.52. The predicted octanol–water partition coefficient (Wildman–Crippen LogP) is 0.997. The largest absolute Gasteiger partial charge is 0.351 e. The first-order chi connectivity index (χ1) is 6.18. The van der Waals surface area contributed by atoms with Crippen molar-refractivity contribution < 1.29 is 4.79 Å². The molecule has 1 amide bonds. The molecule has 1 atom stereocenters. The molecular weight excluding hydrogens is 188 g/mol. The molecule has 1 rings (SSSR count). The molecule has 0 aromatic heterocycles. The van der Waals surface area contributed by atoms with Gasteiger partial charge < -0.3 is 10.6 Å². The summed E-state index contributed by atoms with van der Waals surface area (Å²) < 4.78 is 0. The van der Waals surface area contributed by atoms with Crippen LogP contribution >= 0.6 is 11.6 Å². The van der Waals surface area contributed by atoms with Gasteiger partial charge >= 0.3 is 0 Å². The molecule has 13 heavy (non-hydrogen) atoms. The molecule has 4 heteroatoms. The minimum absolute atomic E-state index is 0.0428. The van der Waals surface area contributed by atoms with Gasteiger partial charge in [0.1, 0.15) is 0 Å². The monoisotopic (exact) mass is 202 g/mol. The van der Waals surface area contributed by atoms with E-state index in [1.165, 1.54) is 6.42 Å². The van der Waals surface area contributed by atoms with Crippen LogP contribution in [0.3, 0.4) is 0 Å². The van der Waals surface area contributed by atoms with Crippen molar-refractivity contribution in [2.75, 3.05) is 13.1 Å². The fourth-order valence-electron chi connectivity index (χ4n) is 1.42. The van der Waals surface area contributed by atoms with Gasteiger partial charge in [-0.25, -0.2) is 0 Å². The van der Waals surface area contributed by atoms with Gasteiger partial charge in [0.15, 0.2) is 0 Å². The molecule has 1 unspecified atom stereocenters. The van der Waals surface area contributed by atoms with Crippen molar-refractivity contribution in [1.29, 1.82) is 0 Å². The van der Waals surface area contributed by atoms with E-state index in [0.29, 0.717) is 24.0 Å². The summed E-state index contributed by atoms with van der Waals surface area (Å²) >= 11 is 5.51. The van der Waals surface area contributed by atoms with E-state index < -0.39 is 0 Å². The zero-order chi connectivity index (χ0) is 9.68. The maximum Gasteiger partial charge on any atom is 0.221 e. The van der Waals surface area contributed by atoms with Gasteiger partial charge in [-0.15, -0.1) is 0 Å². The predicted molar refractivity (Wildman–Crippen MR) is 53.6 cm³/mol. The molecular formula is C9H15ClN2O. The van der Waals surface area contributed by atoms with Crippen LogP contribution in [0, 0.1) is 0 Å². The van der Waals surface area contributed by atoms with Crippen LogP contribution < -0.4 is 10.6 Å². The Balaban J connectivity index is 2.13. The molecule has 0 saturated carbocycles. The van der Waals surface area contributed by atoms with Crippen LogP contribution in [-0.4, -0.2) is 25.0 Å². The summed E-state index contributed by atoms with van der Waals surface area (Å²) in [6, 6.07) is 0.351. The Kier molecular flexibility index (Phi) is 4.25. The number of hydrogen-bond acceptors (Lipinski definition) is 2. The molecule has 0 aromatic rings. The van der Waals surface area contributed by atoms with E-state index in [1.807, 2.05) is 0 Å². The van der Waals surface area contributed by atoms with Crippen LogP contribution in [-0.2, 0) is 4.79 Å². The summed E-state index contributed by atoms with van der Waals surface area (Å²) in [6.45, 7) is 4.89. The van der Waals surface area contributed by atoms with Crippen LogP contribution in [0.4, 0.5) is 0 Å². The van der Waals surface area contributed by atoms with Crippen LogP contribution in [0.15, 0.2) is 11.6 Å². The molecule has 1 heterocycles. The maximum absolute atomic E-state index is 11.3. The van der Waals surface area contributed by atoms with E-state index in [-0.39, 0.29) is 5.91 Å². The highest BCUT2D eigenvalue weighted by molar-refractivity contribution is 6.29. The second-order valence-electron chi connectivity index (χ2n) is 3.29. The van der Waals surface area contributed by atoms with Gasteiger partial charge in [-0.1, -0.05) is 18.2 Å². The summed E-state index contributed by atoms with van der Waals surface area (Å²) in [4.78, 5) is 11.3. The van der Waals surface area contributed by atoms with Gasteiger partial charge in [-0.3, -0.25) is 4.79 Å². The summed E-state index contributed by atoms with van der Waals surface area (Å²) in [5.41, 5.74) is 0. The Labute approximate surface area is 83.5 Å². The molecule has 0 aliphatic carbocycles. The third-order valence-corrected chi connectivity index (χ3v) is 2.21. The number of carbonyl (C=O) groups is 1. The molecule has 1 aliphatic heterocycles. The highest BCUT2D eigenvalue weighted by Gasteiger charge is 2.16. The van der Waals surface area contributed by atoms with Gasteiger partial charge in [0.25, 0.3) is 0 Å². The summed E-state index contributed by atoms with van der Waals surface area (Å²) in [5, 5.41) is 6.42. The molecule has 0 radical (unpaired) electrons. The maximum atomic E-state index is 11.3. The van der Waals surface area contributed by atoms with Gasteiger partial charge in [0.05, 0.1) is 6.54 Å². The topological polar surface area (TPSA) is 41.1 Å². The van der Waals surface area contributed by atoms with E-state index in [9.17, 15) is 4.79 Å². The first-order valence-corrected chi connectivity index (χ1v) is 4.89. The molecule has 1 saturated heterocycles. The Morgan fingerprint density at radius 2 is 2.46 bits per heavy atom. The third-order valence-electron chi connectivity index (χ3n) is 2.07. The molecule has 1 fully saturated rings. The number of nitrogens with one attached hydrogen (secondary N) is 2. The lowest BCUT2D eigenvalue weighted by molar-refractivity contribution is -0.121. The lowest BCUT2D eigenvalue weighted by Gasteiger charge is -2.09. The summed E-state index contributed by atoms with van der Waals surface area (Å²) in [5.74, 6) is 0.0428. The highest BCUT2D eigenvalue weighted by Crippen LogP contribution is 2.08. The van der Waals surface area contributed by atoms with Crippen molar-refractivity contribution >= 4 is 17.5 Å². The van der Waals surface area contributed by atoms with Crippen LogP contribution in [0.25, 0.3) is 0 Å². The highest BCUT2D eigenvalue weighted by atomic mass is 35.5. The summed E-state index contributed by atoms with van der Waals surface area (Å²) in [7, 11) is 0. The van der Waals surface area contributed by atoms with Gasteiger partial charge in [0, 0.05) is 17.5 Å². The van der Waals surface area contributed by atoms with E-state index in [1.54, 1.807) is 0 Å². The smallest absolute Gasteiger partial charge is 0.221 e. The fourth-order valence-corrected chi connectivity index (χ4v) is 1.49. The Hall–Kier alpha value is -0.540. The fraction of sp³-hybridized carbons (Fsp3) is 0.667. The lowest BCUT2D eigenvalue weighted by Crippen LogP contribution is -2.32. The Bertz CT molecular complexity index is 200. The number of amides is 1. The van der Waals surface area contributed by atoms with Crippen molar-refractivity contribution in [3.05, 3.63) is 11.6 Å². The normalized spacial score (nSPS) is 21.5. The van der Waals surface area contributed by atoms with Crippen LogP contribution in [0.1, 0.15) is 19.3 Å². The lowest BCUT2D eigenvalue weighted by atomic mass is 10.1. The molecule has 1 aliphatic rings. The van der Waals surface area contributed by atoms with Gasteiger partial charge in [-0.2, -0.15) is 0 Å². The average Bonchev–Trinajstić information content (AvgIpc) is 2.53. The minimum atomic E-state index is 0.0428. The second kappa shape index (κ2) is 5.25. The van der Waals surface area contributed by atoms with Gasteiger partial charge in [0.2, 0.25) is 5.91 Å². The molecule has 0 bridgehead atoms. The zero-order valence-electron chi connectivity index (χ0n) is 7.61. The van der Waals surface area contributed by atoms with E-state index in [4.69, 9.17) is 11.6 Å². The van der Waals surface area contributed by atoms with E-state index in [2.05, 4.69) is 17.2 Å². The summed E-state index contributed by atoms with van der Waals surface area (Å²) in [6.07, 6.45) is 2.81. The minimum Gasteiger partial charge on any atom is -0.351 e.